The van der Waals surface area contributed by atoms with E-state index in [0.29, 0.717) is 5.69 Å². The van der Waals surface area contributed by atoms with Gasteiger partial charge in [0.25, 0.3) is 0 Å². The molecule has 0 aliphatic carbocycles. The molecule has 94 valence electrons. The predicted molar refractivity (Wildman–Crippen MR) is 66.1 cm³/mol. The maximum atomic E-state index is 13.5. The molecular formula is C13H18FNO2. The molecule has 1 rings (SSSR count). The summed E-state index contributed by atoms with van der Waals surface area (Å²) in [7, 11) is 1.80. The van der Waals surface area contributed by atoms with Crippen LogP contribution in [0.1, 0.15) is 37.0 Å². The maximum Gasteiger partial charge on any atom is 0.340 e. The van der Waals surface area contributed by atoms with Crippen LogP contribution in [0, 0.1) is 5.82 Å². The lowest BCUT2D eigenvalue weighted by atomic mass is 10.1. The Bertz CT molecular complexity index is 402. The van der Waals surface area contributed by atoms with Crippen LogP contribution < -0.4 is 4.90 Å². The van der Waals surface area contributed by atoms with E-state index in [2.05, 4.69) is 0 Å². The van der Waals surface area contributed by atoms with E-state index < -0.39 is 11.8 Å². The van der Waals surface area contributed by atoms with Gasteiger partial charge in [0, 0.05) is 13.1 Å². The topological polar surface area (TPSA) is 40.5 Å². The first-order valence-corrected chi connectivity index (χ1v) is 5.77. The van der Waals surface area contributed by atoms with Crippen molar-refractivity contribution in [2.75, 3.05) is 11.9 Å². The first kappa shape index (κ1) is 13.5. The number of nitrogens with zero attached hydrogens (tertiary/aromatic N) is 1. The van der Waals surface area contributed by atoms with Gasteiger partial charge >= 0.3 is 5.97 Å². The van der Waals surface area contributed by atoms with E-state index in [1.165, 1.54) is 12.1 Å². The Hall–Kier alpha value is -1.58. The van der Waals surface area contributed by atoms with Crippen molar-refractivity contribution < 1.29 is 14.3 Å². The first-order valence-electron chi connectivity index (χ1n) is 5.77. The molecule has 0 amide bonds. The minimum absolute atomic E-state index is 0.218. The molecule has 0 saturated heterocycles. The van der Waals surface area contributed by atoms with Crippen LogP contribution in [0.4, 0.5) is 10.1 Å². The lowest BCUT2D eigenvalue weighted by Crippen LogP contribution is -2.31. The average molecular weight is 239 g/mol. The van der Waals surface area contributed by atoms with Crippen molar-refractivity contribution in [3.05, 3.63) is 29.6 Å². The number of halogens is 1. The fraction of sp³-hybridized carbons (Fsp3) is 0.462. The van der Waals surface area contributed by atoms with Crippen molar-refractivity contribution in [3.8, 4) is 0 Å². The number of rotatable bonds is 5. The Balaban J connectivity index is 3.21. The SMILES string of the molecule is CCC(CC)N(C)c1cccc(F)c1C(=O)O. The van der Waals surface area contributed by atoms with E-state index in [1.807, 2.05) is 18.7 Å². The van der Waals surface area contributed by atoms with Crippen LogP contribution in [-0.2, 0) is 0 Å². The van der Waals surface area contributed by atoms with Gasteiger partial charge in [-0.15, -0.1) is 0 Å². The van der Waals surface area contributed by atoms with Gasteiger partial charge < -0.3 is 10.0 Å². The quantitative estimate of drug-likeness (QED) is 0.858. The molecule has 0 spiro atoms. The van der Waals surface area contributed by atoms with Gasteiger partial charge in [-0.1, -0.05) is 19.9 Å². The molecule has 4 heteroatoms. The molecule has 0 aliphatic rings. The summed E-state index contributed by atoms with van der Waals surface area (Å²) in [5.41, 5.74) is 0.188. The predicted octanol–water partition coefficient (Wildman–Crippen LogP) is 3.15. The highest BCUT2D eigenvalue weighted by atomic mass is 19.1. The third-order valence-electron chi connectivity index (χ3n) is 3.08. The van der Waals surface area contributed by atoms with Crippen molar-refractivity contribution in [2.24, 2.45) is 0 Å². The van der Waals surface area contributed by atoms with Gasteiger partial charge in [-0.25, -0.2) is 9.18 Å². The number of aromatic carboxylic acids is 1. The number of hydrogen-bond acceptors (Lipinski definition) is 2. The minimum Gasteiger partial charge on any atom is -0.478 e. The molecule has 0 radical (unpaired) electrons. The Morgan fingerprint density at radius 2 is 2.00 bits per heavy atom. The molecule has 0 atom stereocenters. The summed E-state index contributed by atoms with van der Waals surface area (Å²) >= 11 is 0. The number of benzene rings is 1. The molecule has 0 unspecified atom stereocenters. The van der Waals surface area contributed by atoms with Gasteiger partial charge in [-0.3, -0.25) is 0 Å². The fourth-order valence-corrected chi connectivity index (χ4v) is 2.05. The molecule has 1 N–H and O–H groups in total. The smallest absolute Gasteiger partial charge is 0.340 e. The van der Waals surface area contributed by atoms with Crippen LogP contribution >= 0.6 is 0 Å². The molecule has 1 aromatic rings. The summed E-state index contributed by atoms with van der Waals surface area (Å²) < 4.78 is 13.5. The molecule has 1 aromatic carbocycles. The van der Waals surface area contributed by atoms with Crippen LogP contribution in [0.5, 0.6) is 0 Å². The van der Waals surface area contributed by atoms with Crippen molar-refractivity contribution in [1.82, 2.24) is 0 Å². The largest absolute Gasteiger partial charge is 0.478 e. The van der Waals surface area contributed by atoms with Crippen molar-refractivity contribution in [1.29, 1.82) is 0 Å². The monoisotopic (exact) mass is 239 g/mol. The number of anilines is 1. The van der Waals surface area contributed by atoms with Gasteiger partial charge in [0.05, 0.1) is 5.69 Å². The minimum atomic E-state index is -1.23. The van der Waals surface area contributed by atoms with E-state index in [4.69, 9.17) is 5.11 Å². The van der Waals surface area contributed by atoms with Crippen LogP contribution in [-0.4, -0.2) is 24.2 Å². The second-order valence-corrected chi connectivity index (χ2v) is 4.02. The zero-order chi connectivity index (χ0) is 13.0. The number of hydrogen-bond donors (Lipinski definition) is 1. The van der Waals surface area contributed by atoms with Gasteiger partial charge in [-0.2, -0.15) is 0 Å². The number of carboxylic acid groups (broad SMARTS) is 1. The molecule has 0 aromatic heterocycles. The summed E-state index contributed by atoms with van der Waals surface area (Å²) in [5.74, 6) is -1.91. The van der Waals surface area contributed by atoms with Gasteiger partial charge in [-0.05, 0) is 25.0 Å². The summed E-state index contributed by atoms with van der Waals surface area (Å²) in [4.78, 5) is 12.9. The zero-order valence-corrected chi connectivity index (χ0v) is 10.4. The third kappa shape index (κ3) is 2.75. The normalized spacial score (nSPS) is 10.6. The van der Waals surface area contributed by atoms with Gasteiger partial charge in [0.15, 0.2) is 0 Å². The van der Waals surface area contributed by atoms with Crippen LogP contribution in [0.2, 0.25) is 0 Å². The molecule has 0 fully saturated rings. The molecule has 0 aliphatic heterocycles. The lowest BCUT2D eigenvalue weighted by Gasteiger charge is -2.29. The van der Waals surface area contributed by atoms with E-state index in [0.717, 1.165) is 12.8 Å². The third-order valence-corrected chi connectivity index (χ3v) is 3.08. The zero-order valence-electron chi connectivity index (χ0n) is 10.4. The summed E-state index contributed by atoms with van der Waals surface area (Å²) in [6.45, 7) is 4.06. The van der Waals surface area contributed by atoms with E-state index >= 15 is 0 Å². The van der Waals surface area contributed by atoms with E-state index in [1.54, 1.807) is 13.1 Å². The summed E-state index contributed by atoms with van der Waals surface area (Å²) in [6.07, 6.45) is 1.78. The van der Waals surface area contributed by atoms with Gasteiger partial charge in [0.1, 0.15) is 11.4 Å². The summed E-state index contributed by atoms with van der Waals surface area (Å²) in [6, 6.07) is 4.57. The molecule has 0 saturated carbocycles. The second kappa shape index (κ2) is 5.66. The van der Waals surface area contributed by atoms with Crippen LogP contribution in [0.25, 0.3) is 0 Å². The number of carbonyl (C=O) groups is 1. The second-order valence-electron chi connectivity index (χ2n) is 4.02. The number of carboxylic acids is 1. The Morgan fingerprint density at radius 1 is 1.41 bits per heavy atom. The lowest BCUT2D eigenvalue weighted by molar-refractivity contribution is 0.0692. The maximum absolute atomic E-state index is 13.5. The highest BCUT2D eigenvalue weighted by Crippen LogP contribution is 2.25. The van der Waals surface area contributed by atoms with Crippen LogP contribution in [0.3, 0.4) is 0 Å². The van der Waals surface area contributed by atoms with Gasteiger partial charge in [0.2, 0.25) is 0 Å². The standard InChI is InChI=1S/C13H18FNO2/c1-4-9(5-2)15(3)11-8-6-7-10(14)12(11)13(16)17/h6-9H,4-5H2,1-3H3,(H,16,17). The highest BCUT2D eigenvalue weighted by molar-refractivity contribution is 5.94. The molecule has 3 nitrogen and oxygen atoms in total. The summed E-state index contributed by atoms with van der Waals surface area (Å²) in [5, 5.41) is 9.06. The Kier molecular flexibility index (Phi) is 4.49. The molecule has 17 heavy (non-hydrogen) atoms. The average Bonchev–Trinajstić information content (AvgIpc) is 2.29. The van der Waals surface area contributed by atoms with Crippen molar-refractivity contribution in [3.63, 3.8) is 0 Å². The molecular weight excluding hydrogens is 221 g/mol. The van der Waals surface area contributed by atoms with Crippen molar-refractivity contribution >= 4 is 11.7 Å². The van der Waals surface area contributed by atoms with Crippen molar-refractivity contribution in [2.45, 2.75) is 32.7 Å². The highest BCUT2D eigenvalue weighted by Gasteiger charge is 2.21. The molecule has 0 bridgehead atoms. The van der Waals surface area contributed by atoms with Crippen LogP contribution in [0.15, 0.2) is 18.2 Å². The van der Waals surface area contributed by atoms with E-state index in [-0.39, 0.29) is 11.6 Å². The first-order chi connectivity index (χ1) is 8.02. The Labute approximate surface area is 101 Å². The Morgan fingerprint density at radius 3 is 2.47 bits per heavy atom. The molecule has 0 heterocycles. The van der Waals surface area contributed by atoms with E-state index in [9.17, 15) is 9.18 Å². The fourth-order valence-electron chi connectivity index (χ4n) is 2.05.